The second-order valence-corrected chi connectivity index (χ2v) is 4.33. The van der Waals surface area contributed by atoms with Gasteiger partial charge in [0.15, 0.2) is 0 Å². The van der Waals surface area contributed by atoms with E-state index in [9.17, 15) is 4.79 Å². The Kier molecular flexibility index (Phi) is 5.26. The smallest absolute Gasteiger partial charge is 0.269 e. The molecule has 0 aliphatic rings. The minimum Gasteiger partial charge on any atom is -0.351 e. The molecule has 16 heavy (non-hydrogen) atoms. The van der Waals surface area contributed by atoms with Crippen LogP contribution >= 0.6 is 11.6 Å². The van der Waals surface area contributed by atoms with Crippen molar-refractivity contribution in [2.24, 2.45) is 0 Å². The highest BCUT2D eigenvalue weighted by Gasteiger charge is 2.07. The molecule has 1 unspecified atom stereocenters. The van der Waals surface area contributed by atoms with Crippen molar-refractivity contribution in [3.05, 3.63) is 29.6 Å². The summed E-state index contributed by atoms with van der Waals surface area (Å²) in [6.45, 7) is 4.49. The molecule has 0 saturated heterocycles. The zero-order valence-electron chi connectivity index (χ0n) is 9.66. The van der Waals surface area contributed by atoms with Crippen LogP contribution in [-0.2, 0) is 0 Å². The van der Waals surface area contributed by atoms with Gasteiger partial charge in [0.1, 0.15) is 5.69 Å². The van der Waals surface area contributed by atoms with Gasteiger partial charge < -0.3 is 5.32 Å². The summed E-state index contributed by atoms with van der Waals surface area (Å²) < 4.78 is 0. The van der Waals surface area contributed by atoms with Crippen molar-refractivity contribution in [1.29, 1.82) is 0 Å². The van der Waals surface area contributed by atoms with E-state index in [2.05, 4.69) is 10.3 Å². The number of carbonyl (C=O) groups is 1. The first-order valence-electron chi connectivity index (χ1n) is 5.49. The third kappa shape index (κ3) is 4.19. The van der Waals surface area contributed by atoms with Crippen molar-refractivity contribution in [2.45, 2.75) is 32.1 Å². The molecule has 88 valence electrons. The molecule has 0 bridgehead atoms. The summed E-state index contributed by atoms with van der Waals surface area (Å²) in [4.78, 5) is 15.8. The molecule has 1 heterocycles. The molecule has 0 aliphatic heterocycles. The van der Waals surface area contributed by atoms with Crippen LogP contribution in [-0.4, -0.2) is 22.8 Å². The van der Waals surface area contributed by atoms with Gasteiger partial charge in [0.25, 0.3) is 5.91 Å². The fraction of sp³-hybridized carbons (Fsp3) is 0.500. The minimum absolute atomic E-state index is 0.130. The minimum atomic E-state index is -0.135. The van der Waals surface area contributed by atoms with Crippen LogP contribution in [0.3, 0.4) is 0 Å². The number of hydrogen-bond donors (Lipinski definition) is 1. The average Bonchev–Trinajstić information content (AvgIpc) is 2.28. The zero-order valence-corrected chi connectivity index (χ0v) is 10.4. The van der Waals surface area contributed by atoms with Gasteiger partial charge in [-0.2, -0.15) is 0 Å². The number of alkyl halides is 1. The fourth-order valence-corrected chi connectivity index (χ4v) is 1.42. The Balaban J connectivity index is 2.41. The molecule has 1 aromatic rings. The number of hydrogen-bond acceptors (Lipinski definition) is 2. The van der Waals surface area contributed by atoms with E-state index in [1.54, 1.807) is 6.07 Å². The first-order valence-corrected chi connectivity index (χ1v) is 5.93. The van der Waals surface area contributed by atoms with E-state index in [0.29, 0.717) is 12.2 Å². The number of amides is 1. The molecule has 1 aromatic heterocycles. The summed E-state index contributed by atoms with van der Waals surface area (Å²) in [6, 6.07) is 5.40. The van der Waals surface area contributed by atoms with Crippen molar-refractivity contribution >= 4 is 17.5 Å². The van der Waals surface area contributed by atoms with Gasteiger partial charge in [-0.3, -0.25) is 4.79 Å². The van der Waals surface area contributed by atoms with Crippen LogP contribution in [0.5, 0.6) is 0 Å². The van der Waals surface area contributed by atoms with Crippen LogP contribution < -0.4 is 5.32 Å². The topological polar surface area (TPSA) is 42.0 Å². The molecule has 4 heteroatoms. The Morgan fingerprint density at radius 2 is 2.31 bits per heavy atom. The number of rotatable bonds is 5. The maximum Gasteiger partial charge on any atom is 0.269 e. The van der Waals surface area contributed by atoms with E-state index in [-0.39, 0.29) is 11.3 Å². The number of halogens is 1. The predicted molar refractivity (Wildman–Crippen MR) is 65.9 cm³/mol. The van der Waals surface area contributed by atoms with Gasteiger partial charge in [0.05, 0.1) is 0 Å². The summed E-state index contributed by atoms with van der Waals surface area (Å²) >= 11 is 5.95. The summed E-state index contributed by atoms with van der Waals surface area (Å²) in [6.07, 6.45) is 1.70. The normalized spacial score (nSPS) is 12.2. The van der Waals surface area contributed by atoms with Gasteiger partial charge in [0.2, 0.25) is 0 Å². The number of nitrogens with zero attached hydrogens (tertiary/aromatic N) is 1. The quantitative estimate of drug-likeness (QED) is 0.804. The summed E-state index contributed by atoms with van der Waals surface area (Å²) in [5.41, 5.74) is 1.30. The molecule has 1 N–H and O–H groups in total. The van der Waals surface area contributed by atoms with Crippen LogP contribution in [0.15, 0.2) is 18.2 Å². The molecular weight excluding hydrogens is 224 g/mol. The van der Waals surface area contributed by atoms with Crippen molar-refractivity contribution in [3.8, 4) is 0 Å². The van der Waals surface area contributed by atoms with Gasteiger partial charge in [-0.1, -0.05) is 13.0 Å². The SMILES string of the molecule is CCC(Cl)CCNC(=O)c1cccc(C)n1. The summed E-state index contributed by atoms with van der Waals surface area (Å²) in [5.74, 6) is -0.135. The van der Waals surface area contributed by atoms with Crippen molar-refractivity contribution in [2.75, 3.05) is 6.54 Å². The molecule has 1 atom stereocenters. The highest BCUT2D eigenvalue weighted by atomic mass is 35.5. The van der Waals surface area contributed by atoms with Gasteiger partial charge >= 0.3 is 0 Å². The monoisotopic (exact) mass is 240 g/mol. The maximum atomic E-state index is 11.7. The van der Waals surface area contributed by atoms with Gasteiger partial charge in [-0.05, 0) is 31.9 Å². The van der Waals surface area contributed by atoms with E-state index in [4.69, 9.17) is 11.6 Å². The van der Waals surface area contributed by atoms with Crippen molar-refractivity contribution < 1.29 is 4.79 Å². The number of aromatic nitrogens is 1. The largest absolute Gasteiger partial charge is 0.351 e. The van der Waals surface area contributed by atoms with Crippen LogP contribution in [0.2, 0.25) is 0 Å². The molecule has 0 aliphatic carbocycles. The highest BCUT2D eigenvalue weighted by molar-refractivity contribution is 6.20. The molecule has 1 amide bonds. The fourth-order valence-electron chi connectivity index (χ4n) is 1.31. The molecule has 1 rings (SSSR count). The predicted octanol–water partition coefficient (Wildman–Crippen LogP) is 2.53. The zero-order chi connectivity index (χ0) is 12.0. The first kappa shape index (κ1) is 13.0. The van der Waals surface area contributed by atoms with E-state index >= 15 is 0 Å². The van der Waals surface area contributed by atoms with Crippen LogP contribution in [0.25, 0.3) is 0 Å². The lowest BCUT2D eigenvalue weighted by Crippen LogP contribution is -2.26. The van der Waals surface area contributed by atoms with Gasteiger partial charge in [0, 0.05) is 17.6 Å². The standard InChI is InChI=1S/C12H17ClN2O/c1-3-10(13)7-8-14-12(16)11-6-4-5-9(2)15-11/h4-6,10H,3,7-8H2,1-2H3,(H,14,16). The molecule has 0 aromatic carbocycles. The molecule has 3 nitrogen and oxygen atoms in total. The second-order valence-electron chi connectivity index (χ2n) is 3.71. The maximum absolute atomic E-state index is 11.7. The van der Waals surface area contributed by atoms with E-state index in [1.807, 2.05) is 26.0 Å². The number of aryl methyl sites for hydroxylation is 1. The lowest BCUT2D eigenvalue weighted by Gasteiger charge is -2.07. The molecule has 0 radical (unpaired) electrons. The van der Waals surface area contributed by atoms with E-state index < -0.39 is 0 Å². The first-order chi connectivity index (χ1) is 7.63. The lowest BCUT2D eigenvalue weighted by atomic mass is 10.2. The second kappa shape index (κ2) is 6.48. The Morgan fingerprint density at radius 3 is 2.94 bits per heavy atom. The lowest BCUT2D eigenvalue weighted by molar-refractivity contribution is 0.0948. The summed E-state index contributed by atoms with van der Waals surface area (Å²) in [5, 5.41) is 2.94. The van der Waals surface area contributed by atoms with Crippen molar-refractivity contribution in [1.82, 2.24) is 10.3 Å². The Bertz CT molecular complexity index is 355. The molecule has 0 fully saturated rings. The van der Waals surface area contributed by atoms with Gasteiger partial charge in [-0.25, -0.2) is 4.98 Å². The molecule has 0 spiro atoms. The number of carbonyl (C=O) groups excluding carboxylic acids is 1. The van der Waals surface area contributed by atoms with Crippen LogP contribution in [0.4, 0.5) is 0 Å². The third-order valence-corrected chi connectivity index (χ3v) is 2.83. The van der Waals surface area contributed by atoms with E-state index in [0.717, 1.165) is 18.5 Å². The summed E-state index contributed by atoms with van der Waals surface area (Å²) in [7, 11) is 0. The molecule has 0 saturated carbocycles. The van der Waals surface area contributed by atoms with Crippen LogP contribution in [0.1, 0.15) is 35.9 Å². The number of pyridine rings is 1. The Hall–Kier alpha value is -1.09. The average molecular weight is 241 g/mol. The van der Waals surface area contributed by atoms with Crippen LogP contribution in [0, 0.1) is 6.92 Å². The Morgan fingerprint density at radius 1 is 1.56 bits per heavy atom. The molecular formula is C12H17ClN2O. The third-order valence-electron chi connectivity index (χ3n) is 2.31. The van der Waals surface area contributed by atoms with E-state index in [1.165, 1.54) is 0 Å². The Labute approximate surface area is 101 Å². The van der Waals surface area contributed by atoms with Gasteiger partial charge in [-0.15, -0.1) is 11.6 Å². The highest BCUT2D eigenvalue weighted by Crippen LogP contribution is 2.05. The van der Waals surface area contributed by atoms with Crippen molar-refractivity contribution in [3.63, 3.8) is 0 Å². The number of nitrogens with one attached hydrogen (secondary N) is 1.